The number of carbonyl (C=O) groups is 2. The van der Waals surface area contributed by atoms with Crippen LogP contribution in [0, 0.1) is 12.8 Å². The van der Waals surface area contributed by atoms with Gasteiger partial charge in [-0.2, -0.15) is 0 Å². The predicted octanol–water partition coefficient (Wildman–Crippen LogP) is 2.48. The van der Waals surface area contributed by atoms with Crippen molar-refractivity contribution < 1.29 is 14.3 Å². The Balaban J connectivity index is 1.83. The topological polar surface area (TPSA) is 58.6 Å². The molecule has 1 aliphatic heterocycles. The molecule has 2 amide bonds. The second-order valence-corrected chi connectivity index (χ2v) is 5.69. The zero-order valence-corrected chi connectivity index (χ0v) is 13.3. The smallest absolute Gasteiger partial charge is 0.409 e. The molecule has 0 saturated carbocycles. The number of rotatable bonds is 4. The van der Waals surface area contributed by atoms with Gasteiger partial charge in [0.2, 0.25) is 5.91 Å². The summed E-state index contributed by atoms with van der Waals surface area (Å²) < 4.78 is 5.01. The summed E-state index contributed by atoms with van der Waals surface area (Å²) >= 11 is 0. The van der Waals surface area contributed by atoms with Gasteiger partial charge in [0.25, 0.3) is 0 Å². The minimum atomic E-state index is -0.321. The van der Waals surface area contributed by atoms with Crippen LogP contribution >= 0.6 is 0 Å². The van der Waals surface area contributed by atoms with Gasteiger partial charge in [-0.1, -0.05) is 29.8 Å². The van der Waals surface area contributed by atoms with E-state index in [-0.39, 0.29) is 17.9 Å². The lowest BCUT2D eigenvalue weighted by Gasteiger charge is -2.31. The van der Waals surface area contributed by atoms with Crippen LogP contribution in [0.4, 0.5) is 4.79 Å². The first-order chi connectivity index (χ1) is 10.6. The van der Waals surface area contributed by atoms with E-state index in [4.69, 9.17) is 4.74 Å². The Labute approximate surface area is 131 Å². The van der Waals surface area contributed by atoms with Crippen molar-refractivity contribution >= 4 is 12.0 Å². The minimum absolute atomic E-state index is 0.00886. The fourth-order valence-corrected chi connectivity index (χ4v) is 2.61. The molecule has 0 bridgehead atoms. The van der Waals surface area contributed by atoms with Crippen LogP contribution in [-0.2, 0) is 16.1 Å². The highest BCUT2D eigenvalue weighted by molar-refractivity contribution is 5.80. The summed E-state index contributed by atoms with van der Waals surface area (Å²) in [6.07, 6.45) is 1.33. The van der Waals surface area contributed by atoms with Gasteiger partial charge in [0.1, 0.15) is 0 Å². The standard InChI is InChI=1S/C17H24N2O3/c1-3-22-17(21)19-10-4-5-15(12-19)16(20)18-11-14-8-6-13(2)7-9-14/h6-9,15H,3-5,10-12H2,1-2H3,(H,18,20). The lowest BCUT2D eigenvalue weighted by atomic mass is 9.97. The van der Waals surface area contributed by atoms with Gasteiger partial charge in [-0.05, 0) is 32.3 Å². The summed E-state index contributed by atoms with van der Waals surface area (Å²) in [6.45, 7) is 5.82. The minimum Gasteiger partial charge on any atom is -0.450 e. The lowest BCUT2D eigenvalue weighted by Crippen LogP contribution is -2.45. The van der Waals surface area contributed by atoms with Crippen molar-refractivity contribution in [1.29, 1.82) is 0 Å². The molecule has 1 unspecified atom stereocenters. The Hall–Kier alpha value is -2.04. The molecule has 1 N–H and O–H groups in total. The summed E-state index contributed by atoms with van der Waals surface area (Å²) in [6, 6.07) is 8.10. The summed E-state index contributed by atoms with van der Waals surface area (Å²) in [4.78, 5) is 25.7. The van der Waals surface area contributed by atoms with E-state index < -0.39 is 0 Å². The Morgan fingerprint density at radius 3 is 2.73 bits per heavy atom. The van der Waals surface area contributed by atoms with Crippen LogP contribution in [0.25, 0.3) is 0 Å². The zero-order chi connectivity index (χ0) is 15.9. The molecule has 1 heterocycles. The van der Waals surface area contributed by atoms with Crippen molar-refractivity contribution in [3.8, 4) is 0 Å². The molecule has 0 aliphatic carbocycles. The molecule has 1 fully saturated rings. The second-order valence-electron chi connectivity index (χ2n) is 5.69. The highest BCUT2D eigenvalue weighted by atomic mass is 16.6. The fourth-order valence-electron chi connectivity index (χ4n) is 2.61. The van der Waals surface area contributed by atoms with Gasteiger partial charge in [-0.15, -0.1) is 0 Å². The lowest BCUT2D eigenvalue weighted by molar-refractivity contribution is -0.126. The van der Waals surface area contributed by atoms with Crippen LogP contribution in [0.1, 0.15) is 30.9 Å². The maximum Gasteiger partial charge on any atom is 0.409 e. The monoisotopic (exact) mass is 304 g/mol. The van der Waals surface area contributed by atoms with Crippen LogP contribution in [0.15, 0.2) is 24.3 Å². The summed E-state index contributed by atoms with van der Waals surface area (Å²) in [5, 5.41) is 2.96. The number of carbonyl (C=O) groups excluding carboxylic acids is 2. The number of piperidine rings is 1. The molecule has 5 heteroatoms. The van der Waals surface area contributed by atoms with Crippen LogP contribution in [0.3, 0.4) is 0 Å². The first-order valence-corrected chi connectivity index (χ1v) is 7.85. The molecule has 1 aliphatic rings. The molecule has 0 radical (unpaired) electrons. The van der Waals surface area contributed by atoms with E-state index in [0.717, 1.165) is 18.4 Å². The molecule has 120 valence electrons. The van der Waals surface area contributed by atoms with E-state index in [2.05, 4.69) is 5.32 Å². The third-order valence-electron chi connectivity index (χ3n) is 3.91. The normalized spacial score (nSPS) is 17.9. The molecular formula is C17H24N2O3. The number of nitrogens with one attached hydrogen (secondary N) is 1. The van der Waals surface area contributed by atoms with Crippen LogP contribution in [0.2, 0.25) is 0 Å². The Morgan fingerprint density at radius 2 is 2.05 bits per heavy atom. The SMILES string of the molecule is CCOC(=O)N1CCCC(C(=O)NCc2ccc(C)cc2)C1. The Kier molecular flexibility index (Phi) is 5.81. The molecule has 0 spiro atoms. The third-order valence-corrected chi connectivity index (χ3v) is 3.91. The molecule has 0 aromatic heterocycles. The highest BCUT2D eigenvalue weighted by Crippen LogP contribution is 2.17. The Morgan fingerprint density at radius 1 is 1.32 bits per heavy atom. The predicted molar refractivity (Wildman–Crippen MR) is 84.3 cm³/mol. The highest BCUT2D eigenvalue weighted by Gasteiger charge is 2.28. The first-order valence-electron chi connectivity index (χ1n) is 7.85. The van der Waals surface area contributed by atoms with E-state index in [0.29, 0.717) is 26.2 Å². The van der Waals surface area contributed by atoms with Crippen LogP contribution in [-0.4, -0.2) is 36.6 Å². The number of hydrogen-bond donors (Lipinski definition) is 1. The van der Waals surface area contributed by atoms with Crippen LogP contribution in [0.5, 0.6) is 0 Å². The third kappa shape index (κ3) is 4.48. The molecule has 5 nitrogen and oxygen atoms in total. The maximum atomic E-state index is 12.3. The molecule has 2 rings (SSSR count). The first kappa shape index (κ1) is 16.3. The van der Waals surface area contributed by atoms with Gasteiger partial charge in [0.15, 0.2) is 0 Å². The number of benzene rings is 1. The fraction of sp³-hybridized carbons (Fsp3) is 0.529. The van der Waals surface area contributed by atoms with E-state index in [1.165, 1.54) is 5.56 Å². The van der Waals surface area contributed by atoms with Gasteiger partial charge < -0.3 is 15.0 Å². The number of likely N-dealkylation sites (tertiary alicyclic amines) is 1. The van der Waals surface area contributed by atoms with Crippen molar-refractivity contribution in [3.05, 3.63) is 35.4 Å². The molecule has 1 atom stereocenters. The summed E-state index contributed by atoms with van der Waals surface area (Å²) in [5.74, 6) is -0.141. The van der Waals surface area contributed by atoms with Crippen molar-refractivity contribution in [1.82, 2.24) is 10.2 Å². The maximum absolute atomic E-state index is 12.3. The van der Waals surface area contributed by atoms with Gasteiger partial charge in [-0.25, -0.2) is 4.79 Å². The van der Waals surface area contributed by atoms with Crippen molar-refractivity contribution in [2.75, 3.05) is 19.7 Å². The zero-order valence-electron chi connectivity index (χ0n) is 13.3. The molecule has 22 heavy (non-hydrogen) atoms. The Bertz CT molecular complexity index is 513. The van der Waals surface area contributed by atoms with E-state index in [1.807, 2.05) is 31.2 Å². The van der Waals surface area contributed by atoms with E-state index in [9.17, 15) is 9.59 Å². The molecule has 1 aromatic carbocycles. The number of nitrogens with zero attached hydrogens (tertiary/aromatic N) is 1. The molecular weight excluding hydrogens is 280 g/mol. The number of amides is 2. The van der Waals surface area contributed by atoms with Crippen molar-refractivity contribution in [2.24, 2.45) is 5.92 Å². The summed E-state index contributed by atoms with van der Waals surface area (Å²) in [5.41, 5.74) is 2.28. The number of hydrogen-bond acceptors (Lipinski definition) is 3. The van der Waals surface area contributed by atoms with Gasteiger partial charge in [-0.3, -0.25) is 4.79 Å². The molecule has 1 aromatic rings. The largest absolute Gasteiger partial charge is 0.450 e. The van der Waals surface area contributed by atoms with Crippen molar-refractivity contribution in [2.45, 2.75) is 33.2 Å². The number of aryl methyl sites for hydroxylation is 1. The van der Waals surface area contributed by atoms with E-state index >= 15 is 0 Å². The van der Waals surface area contributed by atoms with Crippen LogP contribution < -0.4 is 5.32 Å². The average molecular weight is 304 g/mol. The number of ether oxygens (including phenoxy) is 1. The van der Waals surface area contributed by atoms with Gasteiger partial charge >= 0.3 is 6.09 Å². The van der Waals surface area contributed by atoms with Gasteiger partial charge in [0.05, 0.1) is 12.5 Å². The van der Waals surface area contributed by atoms with E-state index in [1.54, 1.807) is 11.8 Å². The van der Waals surface area contributed by atoms with Crippen molar-refractivity contribution in [3.63, 3.8) is 0 Å². The summed E-state index contributed by atoms with van der Waals surface area (Å²) in [7, 11) is 0. The second kappa shape index (κ2) is 7.82. The molecule has 1 saturated heterocycles. The van der Waals surface area contributed by atoms with Gasteiger partial charge in [0, 0.05) is 19.6 Å². The average Bonchev–Trinajstić information content (AvgIpc) is 2.54. The quantitative estimate of drug-likeness (QED) is 0.929.